The molecule has 2 aromatic rings. The van der Waals surface area contributed by atoms with Gasteiger partial charge in [-0.05, 0) is 51.0 Å². The Balaban J connectivity index is 1.45. The highest BCUT2D eigenvalue weighted by molar-refractivity contribution is 5.68. The van der Waals surface area contributed by atoms with Crippen LogP contribution in [0.2, 0.25) is 0 Å². The van der Waals surface area contributed by atoms with Crippen molar-refractivity contribution in [2.24, 2.45) is 0 Å². The smallest absolute Gasteiger partial charge is 0.410 e. The Kier molecular flexibility index (Phi) is 6.80. The van der Waals surface area contributed by atoms with E-state index in [1.54, 1.807) is 17.2 Å². The number of likely N-dealkylation sites (tertiary alicyclic amines) is 1. The summed E-state index contributed by atoms with van der Waals surface area (Å²) in [4.78, 5) is 18.2. The molecule has 3 rings (SSSR count). The van der Waals surface area contributed by atoms with Crippen LogP contribution in [0.3, 0.4) is 0 Å². The van der Waals surface area contributed by atoms with E-state index < -0.39 is 5.60 Å². The summed E-state index contributed by atoms with van der Waals surface area (Å²) >= 11 is 0. The molecule has 0 radical (unpaired) electrons. The number of benzene rings is 1. The van der Waals surface area contributed by atoms with Crippen molar-refractivity contribution in [3.8, 4) is 5.88 Å². The predicted molar refractivity (Wildman–Crippen MR) is 114 cm³/mol. The summed E-state index contributed by atoms with van der Waals surface area (Å²) in [6, 6.07) is 8.85. The number of nitrogens with zero attached hydrogens (tertiary/aromatic N) is 2. The number of carbonyl (C=O) groups is 1. The third-order valence-electron chi connectivity index (χ3n) is 4.79. The molecule has 0 spiro atoms. The molecule has 7 heteroatoms. The van der Waals surface area contributed by atoms with Crippen LogP contribution in [0.4, 0.5) is 14.9 Å². The van der Waals surface area contributed by atoms with Gasteiger partial charge in [-0.2, -0.15) is 0 Å². The third-order valence-corrected chi connectivity index (χ3v) is 4.79. The van der Waals surface area contributed by atoms with Crippen LogP contribution in [0.15, 0.2) is 36.5 Å². The van der Waals surface area contributed by atoms with Gasteiger partial charge >= 0.3 is 6.09 Å². The van der Waals surface area contributed by atoms with Crippen molar-refractivity contribution in [1.82, 2.24) is 9.88 Å². The lowest BCUT2D eigenvalue weighted by molar-refractivity contribution is 0.0123. The van der Waals surface area contributed by atoms with E-state index in [9.17, 15) is 9.18 Å². The minimum Gasteiger partial charge on any atom is -0.474 e. The Morgan fingerprint density at radius 3 is 2.57 bits per heavy atom. The number of aryl methyl sites for hydroxylation is 1. The molecule has 1 aromatic carbocycles. The zero-order chi connectivity index (χ0) is 21.7. The van der Waals surface area contributed by atoms with Crippen molar-refractivity contribution >= 4 is 11.8 Å². The molecule has 1 N–H and O–H groups in total. The van der Waals surface area contributed by atoms with Gasteiger partial charge < -0.3 is 19.7 Å². The fraction of sp³-hybridized carbons (Fsp3) is 0.478. The standard InChI is InChI=1S/C23H30FN3O3/c1-16-5-7-20(19(24)13-16)25-14-17-6-8-21(26-15-17)29-18-9-11-27(12-10-18)22(28)30-23(2,3)4/h5-8,13,15,18,25H,9-12,14H2,1-4H3. The van der Waals surface area contributed by atoms with Crippen LogP contribution in [-0.2, 0) is 11.3 Å². The first-order valence-electron chi connectivity index (χ1n) is 10.3. The van der Waals surface area contributed by atoms with E-state index >= 15 is 0 Å². The fourth-order valence-electron chi connectivity index (χ4n) is 3.20. The Morgan fingerprint density at radius 1 is 1.23 bits per heavy atom. The number of amides is 1. The monoisotopic (exact) mass is 415 g/mol. The first-order valence-corrected chi connectivity index (χ1v) is 10.3. The van der Waals surface area contributed by atoms with Crippen molar-refractivity contribution in [2.45, 2.75) is 58.8 Å². The average Bonchev–Trinajstić information content (AvgIpc) is 2.68. The van der Waals surface area contributed by atoms with E-state index in [1.165, 1.54) is 6.07 Å². The highest BCUT2D eigenvalue weighted by Crippen LogP contribution is 2.20. The summed E-state index contributed by atoms with van der Waals surface area (Å²) in [7, 11) is 0. The molecule has 0 unspecified atom stereocenters. The van der Waals surface area contributed by atoms with Crippen LogP contribution < -0.4 is 10.1 Å². The van der Waals surface area contributed by atoms with Gasteiger partial charge in [0.05, 0.1) is 5.69 Å². The number of hydrogen-bond donors (Lipinski definition) is 1. The van der Waals surface area contributed by atoms with Crippen molar-refractivity contribution in [1.29, 1.82) is 0 Å². The molecule has 1 fully saturated rings. The molecule has 1 aromatic heterocycles. The van der Waals surface area contributed by atoms with E-state index in [1.807, 2.05) is 45.9 Å². The van der Waals surface area contributed by atoms with Crippen molar-refractivity contribution in [3.05, 3.63) is 53.5 Å². The summed E-state index contributed by atoms with van der Waals surface area (Å²) in [5.74, 6) is 0.289. The molecular formula is C23H30FN3O3. The van der Waals surface area contributed by atoms with Gasteiger partial charge in [-0.3, -0.25) is 0 Å². The summed E-state index contributed by atoms with van der Waals surface area (Å²) in [5.41, 5.74) is 1.80. The second-order valence-corrected chi connectivity index (χ2v) is 8.63. The van der Waals surface area contributed by atoms with Gasteiger partial charge in [-0.1, -0.05) is 12.1 Å². The van der Waals surface area contributed by atoms with E-state index in [0.29, 0.717) is 31.2 Å². The normalized spacial score (nSPS) is 15.0. The van der Waals surface area contributed by atoms with Crippen LogP contribution in [0.25, 0.3) is 0 Å². The van der Waals surface area contributed by atoms with Crippen LogP contribution >= 0.6 is 0 Å². The van der Waals surface area contributed by atoms with Crippen LogP contribution in [-0.4, -0.2) is 40.8 Å². The molecule has 1 saturated heterocycles. The molecule has 6 nitrogen and oxygen atoms in total. The zero-order valence-electron chi connectivity index (χ0n) is 18.1. The van der Waals surface area contributed by atoms with Crippen molar-refractivity contribution < 1.29 is 18.7 Å². The predicted octanol–water partition coefficient (Wildman–Crippen LogP) is 4.92. The number of hydrogen-bond acceptors (Lipinski definition) is 5. The summed E-state index contributed by atoms with van der Waals surface area (Å²) in [5, 5.41) is 3.08. The van der Waals surface area contributed by atoms with Gasteiger partial charge in [-0.25, -0.2) is 14.2 Å². The van der Waals surface area contributed by atoms with Gasteiger partial charge in [0.15, 0.2) is 0 Å². The second-order valence-electron chi connectivity index (χ2n) is 8.63. The van der Waals surface area contributed by atoms with E-state index in [-0.39, 0.29) is 18.0 Å². The lowest BCUT2D eigenvalue weighted by Crippen LogP contribution is -2.44. The summed E-state index contributed by atoms with van der Waals surface area (Å²) in [6.07, 6.45) is 2.93. The number of halogens is 1. The van der Waals surface area contributed by atoms with Gasteiger partial charge in [0.1, 0.15) is 17.5 Å². The fourth-order valence-corrected chi connectivity index (χ4v) is 3.20. The number of anilines is 1. The number of ether oxygens (including phenoxy) is 2. The number of aromatic nitrogens is 1. The Morgan fingerprint density at radius 2 is 1.97 bits per heavy atom. The molecule has 0 atom stereocenters. The number of piperidine rings is 1. The van der Waals surface area contributed by atoms with Gasteiger partial charge in [0.25, 0.3) is 0 Å². The maximum atomic E-state index is 13.9. The second kappa shape index (κ2) is 9.32. The zero-order valence-corrected chi connectivity index (χ0v) is 18.1. The van der Waals surface area contributed by atoms with Crippen LogP contribution in [0.5, 0.6) is 5.88 Å². The number of nitrogens with one attached hydrogen (secondary N) is 1. The summed E-state index contributed by atoms with van der Waals surface area (Å²) < 4.78 is 25.3. The minimum absolute atomic E-state index is 0.0156. The van der Waals surface area contributed by atoms with Gasteiger partial charge in [-0.15, -0.1) is 0 Å². The van der Waals surface area contributed by atoms with Crippen LogP contribution in [0, 0.1) is 12.7 Å². The Hall–Kier alpha value is -2.83. The Labute approximate surface area is 177 Å². The van der Waals surface area contributed by atoms with Gasteiger partial charge in [0.2, 0.25) is 5.88 Å². The molecule has 1 aliphatic heterocycles. The highest BCUT2D eigenvalue weighted by Gasteiger charge is 2.27. The lowest BCUT2D eigenvalue weighted by atomic mass is 10.1. The number of carbonyl (C=O) groups excluding carboxylic acids is 1. The van der Waals surface area contributed by atoms with Crippen molar-refractivity contribution in [2.75, 3.05) is 18.4 Å². The Bertz CT molecular complexity index is 857. The van der Waals surface area contributed by atoms with E-state index in [4.69, 9.17) is 9.47 Å². The van der Waals surface area contributed by atoms with Crippen LogP contribution in [0.1, 0.15) is 44.7 Å². The lowest BCUT2D eigenvalue weighted by Gasteiger charge is -2.33. The maximum Gasteiger partial charge on any atom is 0.410 e. The largest absolute Gasteiger partial charge is 0.474 e. The molecule has 0 bridgehead atoms. The first kappa shape index (κ1) is 21.9. The van der Waals surface area contributed by atoms with Gasteiger partial charge in [0, 0.05) is 44.7 Å². The molecule has 1 aliphatic rings. The molecule has 162 valence electrons. The first-order chi connectivity index (χ1) is 14.2. The SMILES string of the molecule is Cc1ccc(NCc2ccc(OC3CCN(C(=O)OC(C)(C)C)CC3)nc2)c(F)c1. The van der Waals surface area contributed by atoms with E-state index in [0.717, 1.165) is 24.0 Å². The van der Waals surface area contributed by atoms with Crippen molar-refractivity contribution in [3.63, 3.8) is 0 Å². The summed E-state index contributed by atoms with van der Waals surface area (Å²) in [6.45, 7) is 9.13. The number of rotatable bonds is 5. The molecule has 1 amide bonds. The average molecular weight is 416 g/mol. The molecule has 2 heterocycles. The molecule has 0 saturated carbocycles. The molecule has 30 heavy (non-hydrogen) atoms. The molecule has 0 aliphatic carbocycles. The van der Waals surface area contributed by atoms with E-state index in [2.05, 4.69) is 10.3 Å². The topological polar surface area (TPSA) is 63.7 Å². The maximum absolute atomic E-state index is 13.9. The number of pyridine rings is 1. The third kappa shape index (κ3) is 6.34. The highest BCUT2D eigenvalue weighted by atomic mass is 19.1. The quantitative estimate of drug-likeness (QED) is 0.751. The minimum atomic E-state index is -0.490. The molecular weight excluding hydrogens is 385 g/mol.